The topological polar surface area (TPSA) is 57.8 Å². The van der Waals surface area contributed by atoms with Crippen LogP contribution in [0.15, 0.2) is 85.2 Å². The van der Waals surface area contributed by atoms with Gasteiger partial charge in [-0.15, -0.1) is 0 Å². The van der Waals surface area contributed by atoms with Crippen molar-refractivity contribution < 1.29 is 9.18 Å². The molecule has 32 heavy (non-hydrogen) atoms. The number of H-pyrrole nitrogens is 1. The molecular weight excluding hydrogens is 401 g/mol. The first kappa shape index (κ1) is 21.1. The van der Waals surface area contributed by atoms with E-state index in [1.54, 1.807) is 18.3 Å². The molecule has 5 heteroatoms. The zero-order valence-corrected chi connectivity index (χ0v) is 17.4. The Balaban J connectivity index is 1.54. The van der Waals surface area contributed by atoms with Crippen LogP contribution in [0.2, 0.25) is 0 Å². The van der Waals surface area contributed by atoms with E-state index in [-0.39, 0.29) is 11.7 Å². The molecule has 4 rings (SSSR count). The van der Waals surface area contributed by atoms with Crippen LogP contribution in [0.3, 0.4) is 0 Å². The van der Waals surface area contributed by atoms with Crippen LogP contribution >= 0.6 is 0 Å². The van der Waals surface area contributed by atoms with Crippen LogP contribution in [0.25, 0.3) is 11.1 Å². The molecule has 0 fully saturated rings. The van der Waals surface area contributed by atoms with Crippen LogP contribution in [-0.4, -0.2) is 22.6 Å². The average molecular weight is 423 g/mol. The molecule has 1 aromatic heterocycles. The van der Waals surface area contributed by atoms with E-state index in [2.05, 4.69) is 27.4 Å². The largest absolute Gasteiger partial charge is 0.352 e. The fourth-order valence-corrected chi connectivity index (χ4v) is 3.34. The summed E-state index contributed by atoms with van der Waals surface area (Å²) in [4.78, 5) is 12.7. The number of aromatic amines is 1. The van der Waals surface area contributed by atoms with E-state index in [0.717, 1.165) is 35.1 Å². The molecular formula is C27H22FN3O. The number of carbonyl (C=O) groups is 1. The Morgan fingerprint density at radius 3 is 2.56 bits per heavy atom. The van der Waals surface area contributed by atoms with E-state index in [0.29, 0.717) is 17.7 Å². The highest BCUT2D eigenvalue weighted by molar-refractivity contribution is 5.95. The lowest BCUT2D eigenvalue weighted by atomic mass is 9.97. The second-order valence-electron chi connectivity index (χ2n) is 7.35. The van der Waals surface area contributed by atoms with Gasteiger partial charge in [-0.05, 0) is 65.9 Å². The standard InChI is InChI=1S/C27H22FN3O/c28-25-13-9-20(10-14-25)8-11-23-17-24(12-15-26(23)22-6-2-1-3-7-22)27(32)29-16-4-5-21-18-30-31-19-21/h1-3,6-7,9-10,12-15,17-19H,4-5,16H2,(H,29,32)(H,30,31). The fraction of sp³-hybridized carbons (Fsp3) is 0.111. The van der Waals surface area contributed by atoms with Crippen LogP contribution in [0.5, 0.6) is 0 Å². The smallest absolute Gasteiger partial charge is 0.251 e. The van der Waals surface area contributed by atoms with Gasteiger partial charge in [-0.25, -0.2) is 4.39 Å². The summed E-state index contributed by atoms with van der Waals surface area (Å²) in [6.07, 6.45) is 5.31. The predicted octanol–water partition coefficient (Wildman–Crippen LogP) is 4.98. The zero-order valence-electron chi connectivity index (χ0n) is 17.4. The maximum absolute atomic E-state index is 13.2. The maximum Gasteiger partial charge on any atom is 0.251 e. The van der Waals surface area contributed by atoms with Gasteiger partial charge < -0.3 is 5.32 Å². The van der Waals surface area contributed by atoms with Crippen molar-refractivity contribution in [1.82, 2.24) is 15.5 Å². The van der Waals surface area contributed by atoms with Crippen LogP contribution < -0.4 is 5.32 Å². The number of aryl methyl sites for hydroxylation is 1. The lowest BCUT2D eigenvalue weighted by Crippen LogP contribution is -2.24. The Hall–Kier alpha value is -4.17. The summed E-state index contributed by atoms with van der Waals surface area (Å²) in [5, 5.41) is 9.68. The lowest BCUT2D eigenvalue weighted by Gasteiger charge is -2.09. The predicted molar refractivity (Wildman–Crippen MR) is 123 cm³/mol. The van der Waals surface area contributed by atoms with Gasteiger partial charge in [-0.1, -0.05) is 48.2 Å². The van der Waals surface area contributed by atoms with Crippen molar-refractivity contribution in [2.75, 3.05) is 6.54 Å². The Kier molecular flexibility index (Phi) is 6.74. The molecule has 0 saturated carbocycles. The summed E-state index contributed by atoms with van der Waals surface area (Å²) in [7, 11) is 0. The van der Waals surface area contributed by atoms with Gasteiger partial charge in [0.1, 0.15) is 5.82 Å². The highest BCUT2D eigenvalue weighted by atomic mass is 19.1. The first-order valence-corrected chi connectivity index (χ1v) is 10.4. The molecule has 4 aromatic rings. The molecule has 0 saturated heterocycles. The van der Waals surface area contributed by atoms with Gasteiger partial charge >= 0.3 is 0 Å². The molecule has 3 aromatic carbocycles. The van der Waals surface area contributed by atoms with Gasteiger partial charge in [-0.2, -0.15) is 5.10 Å². The van der Waals surface area contributed by atoms with Crippen LogP contribution in [0, 0.1) is 17.7 Å². The normalized spacial score (nSPS) is 10.3. The Bertz CT molecular complexity index is 1240. The Morgan fingerprint density at radius 2 is 1.81 bits per heavy atom. The molecule has 0 aliphatic carbocycles. The number of nitrogens with zero attached hydrogens (tertiary/aromatic N) is 1. The number of hydrogen-bond donors (Lipinski definition) is 2. The van der Waals surface area contributed by atoms with Gasteiger partial charge in [0.25, 0.3) is 5.91 Å². The van der Waals surface area contributed by atoms with E-state index < -0.39 is 0 Å². The van der Waals surface area contributed by atoms with Gasteiger partial charge in [-0.3, -0.25) is 9.89 Å². The third kappa shape index (κ3) is 5.50. The Labute approximate surface area is 186 Å². The molecule has 158 valence electrons. The first-order valence-electron chi connectivity index (χ1n) is 10.4. The molecule has 0 bridgehead atoms. The van der Waals surface area contributed by atoms with Crippen LogP contribution in [0.1, 0.15) is 33.5 Å². The first-order chi connectivity index (χ1) is 15.7. The van der Waals surface area contributed by atoms with E-state index >= 15 is 0 Å². The lowest BCUT2D eigenvalue weighted by molar-refractivity contribution is 0.0953. The van der Waals surface area contributed by atoms with E-state index in [9.17, 15) is 9.18 Å². The molecule has 0 atom stereocenters. The van der Waals surface area contributed by atoms with Crippen molar-refractivity contribution in [3.05, 3.63) is 113 Å². The highest BCUT2D eigenvalue weighted by Crippen LogP contribution is 2.24. The Morgan fingerprint density at radius 1 is 1.00 bits per heavy atom. The molecule has 4 nitrogen and oxygen atoms in total. The number of rotatable bonds is 6. The molecule has 0 aliphatic heterocycles. The maximum atomic E-state index is 13.2. The third-order valence-electron chi connectivity index (χ3n) is 5.03. The summed E-state index contributed by atoms with van der Waals surface area (Å²) in [6, 6.07) is 21.5. The minimum absolute atomic E-state index is 0.137. The van der Waals surface area contributed by atoms with Crippen LogP contribution in [-0.2, 0) is 6.42 Å². The number of benzene rings is 3. The van der Waals surface area contributed by atoms with Crippen molar-refractivity contribution in [3.8, 4) is 23.0 Å². The number of amides is 1. The van der Waals surface area contributed by atoms with Gasteiger partial charge in [0.2, 0.25) is 0 Å². The summed E-state index contributed by atoms with van der Waals surface area (Å²) in [5.74, 6) is 5.80. The molecule has 1 heterocycles. The molecule has 0 aliphatic rings. The highest BCUT2D eigenvalue weighted by Gasteiger charge is 2.10. The number of nitrogens with one attached hydrogen (secondary N) is 2. The monoisotopic (exact) mass is 423 g/mol. The van der Waals surface area contributed by atoms with Crippen molar-refractivity contribution in [2.24, 2.45) is 0 Å². The minimum Gasteiger partial charge on any atom is -0.352 e. The minimum atomic E-state index is -0.299. The molecule has 1 amide bonds. The second-order valence-corrected chi connectivity index (χ2v) is 7.35. The van der Waals surface area contributed by atoms with E-state index in [4.69, 9.17) is 0 Å². The van der Waals surface area contributed by atoms with Crippen LogP contribution in [0.4, 0.5) is 4.39 Å². The molecule has 0 unspecified atom stereocenters. The summed E-state index contributed by atoms with van der Waals surface area (Å²) < 4.78 is 13.2. The quantitative estimate of drug-likeness (QED) is 0.340. The number of hydrogen-bond acceptors (Lipinski definition) is 2. The second kappa shape index (κ2) is 10.2. The number of aromatic nitrogens is 2. The third-order valence-corrected chi connectivity index (χ3v) is 5.03. The van der Waals surface area contributed by atoms with Crippen molar-refractivity contribution in [3.63, 3.8) is 0 Å². The van der Waals surface area contributed by atoms with Gasteiger partial charge in [0, 0.05) is 29.4 Å². The number of carbonyl (C=O) groups excluding carboxylic acids is 1. The van der Waals surface area contributed by atoms with Crippen molar-refractivity contribution in [1.29, 1.82) is 0 Å². The fourth-order valence-electron chi connectivity index (χ4n) is 3.34. The van der Waals surface area contributed by atoms with E-state index in [1.165, 1.54) is 12.1 Å². The summed E-state index contributed by atoms with van der Waals surface area (Å²) in [6.45, 7) is 0.570. The zero-order chi connectivity index (χ0) is 22.2. The summed E-state index contributed by atoms with van der Waals surface area (Å²) >= 11 is 0. The van der Waals surface area contributed by atoms with Crippen molar-refractivity contribution >= 4 is 5.91 Å². The van der Waals surface area contributed by atoms with Crippen molar-refractivity contribution in [2.45, 2.75) is 12.8 Å². The molecule has 0 spiro atoms. The average Bonchev–Trinajstić information content (AvgIpc) is 3.35. The molecule has 2 N–H and O–H groups in total. The van der Waals surface area contributed by atoms with Gasteiger partial charge in [0.05, 0.1) is 6.20 Å². The SMILES string of the molecule is O=C(NCCCc1cn[nH]c1)c1ccc(-c2ccccc2)c(C#Cc2ccc(F)cc2)c1. The number of halogens is 1. The summed E-state index contributed by atoms with van der Waals surface area (Å²) in [5.41, 5.74) is 5.08. The van der Waals surface area contributed by atoms with Gasteiger partial charge in [0.15, 0.2) is 0 Å². The van der Waals surface area contributed by atoms with E-state index in [1.807, 2.05) is 54.7 Å². The molecule has 0 radical (unpaired) electrons.